The molecular weight excluding hydrogens is 306 g/mol. The fraction of sp³-hybridized carbons (Fsp3) is 0.333. The lowest BCUT2D eigenvalue weighted by molar-refractivity contribution is 0.212. The van der Waals surface area contributed by atoms with E-state index in [0.29, 0.717) is 34.5 Å². The Kier molecular flexibility index (Phi) is 5.27. The Bertz CT molecular complexity index is 638. The van der Waals surface area contributed by atoms with E-state index >= 15 is 0 Å². The highest BCUT2D eigenvalue weighted by molar-refractivity contribution is 6.32. The van der Waals surface area contributed by atoms with Crippen molar-refractivity contribution in [2.24, 2.45) is 0 Å². The molecule has 7 heteroatoms. The predicted octanol–water partition coefficient (Wildman–Crippen LogP) is 3.53. The summed E-state index contributed by atoms with van der Waals surface area (Å²) in [6, 6.07) is 6.86. The van der Waals surface area contributed by atoms with E-state index in [4.69, 9.17) is 20.9 Å². The van der Waals surface area contributed by atoms with Crippen molar-refractivity contribution >= 4 is 23.3 Å². The van der Waals surface area contributed by atoms with Gasteiger partial charge in [-0.05, 0) is 32.9 Å². The Balaban J connectivity index is 1.82. The number of ether oxygens (including phenoxy) is 1. The Morgan fingerprint density at radius 2 is 2.14 bits per heavy atom. The molecule has 0 fully saturated rings. The molecule has 0 unspecified atom stereocenters. The molecule has 0 aliphatic heterocycles. The number of anilines is 1. The lowest BCUT2D eigenvalue weighted by Gasteiger charge is -2.16. The van der Waals surface area contributed by atoms with Gasteiger partial charge in [0.15, 0.2) is 5.76 Å². The normalized spacial score (nSPS) is 11.8. The van der Waals surface area contributed by atoms with E-state index in [-0.39, 0.29) is 12.1 Å². The Labute approximate surface area is 133 Å². The van der Waals surface area contributed by atoms with Crippen LogP contribution >= 0.6 is 11.6 Å². The van der Waals surface area contributed by atoms with E-state index in [1.807, 2.05) is 19.1 Å². The number of para-hydroxylation sites is 1. The maximum absolute atomic E-state index is 11.9. The molecular formula is C15H18ClN3O3. The first-order valence-electron chi connectivity index (χ1n) is 6.86. The molecule has 1 heterocycles. The Morgan fingerprint density at radius 3 is 2.77 bits per heavy atom. The second-order valence-electron chi connectivity index (χ2n) is 4.89. The number of carbonyl (C=O) groups excluding carboxylic acids is 1. The number of benzene rings is 1. The number of hydrogen-bond donors (Lipinski definition) is 2. The minimum absolute atomic E-state index is 0.227. The third-order valence-electron chi connectivity index (χ3n) is 2.99. The van der Waals surface area contributed by atoms with E-state index in [0.717, 1.165) is 0 Å². The number of urea groups is 1. The number of aromatic nitrogens is 1. The van der Waals surface area contributed by atoms with Crippen molar-refractivity contribution in [3.8, 4) is 5.75 Å². The van der Waals surface area contributed by atoms with Gasteiger partial charge in [-0.15, -0.1) is 0 Å². The molecule has 0 aliphatic rings. The molecule has 2 aromatic rings. The van der Waals surface area contributed by atoms with Crippen molar-refractivity contribution in [1.82, 2.24) is 10.5 Å². The number of amides is 2. The fourth-order valence-electron chi connectivity index (χ4n) is 1.85. The summed E-state index contributed by atoms with van der Waals surface area (Å²) in [6.45, 7) is 5.67. The predicted molar refractivity (Wildman–Crippen MR) is 84.5 cm³/mol. The molecule has 1 aromatic carbocycles. The van der Waals surface area contributed by atoms with E-state index < -0.39 is 0 Å². The van der Waals surface area contributed by atoms with Gasteiger partial charge in [-0.25, -0.2) is 4.79 Å². The van der Waals surface area contributed by atoms with Crippen LogP contribution in [0.15, 0.2) is 28.8 Å². The molecule has 0 spiro atoms. The standard InChI is InChI=1S/C15H18ClN3O3/c1-9(21-13-7-5-4-6-12(13)16)8-17-15(20)18-14-10(2)19-22-11(14)3/h4-7,9H,8H2,1-3H3,(H2,17,18,20)/t9-/m0/s1. The highest BCUT2D eigenvalue weighted by atomic mass is 35.5. The van der Waals surface area contributed by atoms with Crippen LogP contribution in [-0.4, -0.2) is 23.8 Å². The third kappa shape index (κ3) is 4.14. The van der Waals surface area contributed by atoms with Crippen molar-refractivity contribution in [2.45, 2.75) is 26.9 Å². The lowest BCUT2D eigenvalue weighted by atomic mass is 10.3. The van der Waals surface area contributed by atoms with Gasteiger partial charge < -0.3 is 19.9 Å². The molecule has 0 bridgehead atoms. The van der Waals surface area contributed by atoms with Crippen LogP contribution in [0.25, 0.3) is 0 Å². The lowest BCUT2D eigenvalue weighted by Crippen LogP contribution is -2.36. The molecule has 2 rings (SSSR count). The van der Waals surface area contributed by atoms with Crippen LogP contribution in [0.2, 0.25) is 5.02 Å². The minimum atomic E-state index is -0.344. The van der Waals surface area contributed by atoms with Gasteiger partial charge in [0.2, 0.25) is 0 Å². The van der Waals surface area contributed by atoms with Gasteiger partial charge in [0.25, 0.3) is 0 Å². The summed E-state index contributed by atoms with van der Waals surface area (Å²) >= 11 is 6.02. The summed E-state index contributed by atoms with van der Waals surface area (Å²) in [7, 11) is 0. The van der Waals surface area contributed by atoms with Crippen LogP contribution in [0.5, 0.6) is 5.75 Å². The second kappa shape index (κ2) is 7.17. The van der Waals surface area contributed by atoms with E-state index in [1.54, 1.807) is 26.0 Å². The molecule has 6 nitrogen and oxygen atoms in total. The van der Waals surface area contributed by atoms with Crippen LogP contribution in [0, 0.1) is 13.8 Å². The summed E-state index contributed by atoms with van der Waals surface area (Å²) in [5.41, 5.74) is 1.21. The minimum Gasteiger partial charge on any atom is -0.487 e. The number of rotatable bonds is 5. The molecule has 1 atom stereocenters. The van der Waals surface area contributed by atoms with Crippen LogP contribution < -0.4 is 15.4 Å². The van der Waals surface area contributed by atoms with Crippen LogP contribution in [0.4, 0.5) is 10.5 Å². The zero-order chi connectivity index (χ0) is 16.1. The highest BCUT2D eigenvalue weighted by Gasteiger charge is 2.13. The average molecular weight is 324 g/mol. The summed E-state index contributed by atoms with van der Waals surface area (Å²) < 4.78 is 10.7. The van der Waals surface area contributed by atoms with E-state index in [9.17, 15) is 4.79 Å². The smallest absolute Gasteiger partial charge is 0.319 e. The number of halogens is 1. The molecule has 0 saturated carbocycles. The van der Waals surface area contributed by atoms with Crippen molar-refractivity contribution in [3.63, 3.8) is 0 Å². The monoisotopic (exact) mass is 323 g/mol. The maximum Gasteiger partial charge on any atom is 0.319 e. The number of aryl methyl sites for hydroxylation is 2. The number of nitrogens with one attached hydrogen (secondary N) is 2. The SMILES string of the molecule is Cc1noc(C)c1NC(=O)NC[C@H](C)Oc1ccccc1Cl. The summed E-state index contributed by atoms with van der Waals surface area (Å²) in [5, 5.41) is 9.74. The first kappa shape index (κ1) is 16.2. The van der Waals surface area contributed by atoms with Gasteiger partial charge in [-0.3, -0.25) is 0 Å². The molecule has 0 aliphatic carbocycles. The molecule has 2 amide bonds. The van der Waals surface area contributed by atoms with Crippen LogP contribution in [0.1, 0.15) is 18.4 Å². The first-order valence-corrected chi connectivity index (χ1v) is 7.24. The molecule has 0 radical (unpaired) electrons. The second-order valence-corrected chi connectivity index (χ2v) is 5.30. The summed E-state index contributed by atoms with van der Waals surface area (Å²) in [6.07, 6.45) is -0.227. The summed E-state index contributed by atoms with van der Waals surface area (Å²) in [5.74, 6) is 1.15. The van der Waals surface area contributed by atoms with Gasteiger partial charge in [-0.2, -0.15) is 0 Å². The molecule has 0 saturated heterocycles. The van der Waals surface area contributed by atoms with Gasteiger partial charge in [0.05, 0.1) is 11.6 Å². The van der Waals surface area contributed by atoms with Crippen molar-refractivity contribution in [2.75, 3.05) is 11.9 Å². The van der Waals surface area contributed by atoms with Gasteiger partial charge in [-0.1, -0.05) is 28.9 Å². The topological polar surface area (TPSA) is 76.4 Å². The van der Waals surface area contributed by atoms with Crippen LogP contribution in [-0.2, 0) is 0 Å². The molecule has 118 valence electrons. The maximum atomic E-state index is 11.9. The van der Waals surface area contributed by atoms with E-state index in [1.165, 1.54) is 0 Å². The number of hydrogen-bond acceptors (Lipinski definition) is 4. The zero-order valence-corrected chi connectivity index (χ0v) is 13.4. The molecule has 1 aromatic heterocycles. The van der Waals surface area contributed by atoms with Crippen LogP contribution in [0.3, 0.4) is 0 Å². The first-order chi connectivity index (χ1) is 10.5. The van der Waals surface area contributed by atoms with Gasteiger partial charge in [0.1, 0.15) is 23.2 Å². The molecule has 22 heavy (non-hydrogen) atoms. The number of carbonyl (C=O) groups is 1. The van der Waals surface area contributed by atoms with Crippen molar-refractivity contribution in [3.05, 3.63) is 40.7 Å². The van der Waals surface area contributed by atoms with Gasteiger partial charge >= 0.3 is 6.03 Å². The number of nitrogens with zero attached hydrogens (tertiary/aromatic N) is 1. The summed E-state index contributed by atoms with van der Waals surface area (Å²) in [4.78, 5) is 11.9. The Morgan fingerprint density at radius 1 is 1.41 bits per heavy atom. The average Bonchev–Trinajstić information content (AvgIpc) is 2.79. The third-order valence-corrected chi connectivity index (χ3v) is 3.30. The fourth-order valence-corrected chi connectivity index (χ4v) is 2.03. The van der Waals surface area contributed by atoms with Crippen molar-refractivity contribution in [1.29, 1.82) is 0 Å². The Hall–Kier alpha value is -2.21. The van der Waals surface area contributed by atoms with Gasteiger partial charge in [0, 0.05) is 0 Å². The highest BCUT2D eigenvalue weighted by Crippen LogP contribution is 2.24. The van der Waals surface area contributed by atoms with E-state index in [2.05, 4.69) is 15.8 Å². The zero-order valence-electron chi connectivity index (χ0n) is 12.6. The largest absolute Gasteiger partial charge is 0.487 e. The quantitative estimate of drug-likeness (QED) is 0.882. The molecule has 2 N–H and O–H groups in total. The van der Waals surface area contributed by atoms with Crippen molar-refractivity contribution < 1.29 is 14.1 Å².